The van der Waals surface area contributed by atoms with Gasteiger partial charge in [-0.3, -0.25) is 9.69 Å². The molecule has 3 aromatic carbocycles. The highest BCUT2D eigenvalue weighted by Crippen LogP contribution is 2.38. The Balaban J connectivity index is 1.68. The molecule has 186 valence electrons. The zero-order chi connectivity index (χ0) is 25.8. The number of carbonyl (C=O) groups excluding carboxylic acids is 1. The summed E-state index contributed by atoms with van der Waals surface area (Å²) in [6, 6.07) is 18.4. The maximum Gasteiger partial charge on any atom is 0.270 e. The van der Waals surface area contributed by atoms with E-state index in [9.17, 15) is 4.79 Å². The molecule has 0 radical (unpaired) electrons. The summed E-state index contributed by atoms with van der Waals surface area (Å²) in [5.41, 5.74) is 3.25. The molecule has 0 spiro atoms. The molecule has 9 heteroatoms. The van der Waals surface area contributed by atoms with Crippen LogP contribution in [0.15, 0.2) is 65.6 Å². The summed E-state index contributed by atoms with van der Waals surface area (Å²) in [5, 5.41) is 1.63. The first-order valence-electron chi connectivity index (χ1n) is 11.3. The minimum absolute atomic E-state index is 0.202. The molecule has 0 atom stereocenters. The number of carbonyl (C=O) groups is 1. The second kappa shape index (κ2) is 11.9. The lowest BCUT2D eigenvalue weighted by atomic mass is 10.1. The third-order valence-electron chi connectivity index (χ3n) is 5.67. The van der Waals surface area contributed by atoms with Crippen molar-refractivity contribution in [1.82, 2.24) is 0 Å². The second-order valence-electron chi connectivity index (χ2n) is 7.92. The van der Waals surface area contributed by atoms with Gasteiger partial charge in [0.15, 0.2) is 4.32 Å². The van der Waals surface area contributed by atoms with Crippen molar-refractivity contribution < 1.29 is 9.53 Å². The van der Waals surface area contributed by atoms with Gasteiger partial charge in [-0.2, -0.15) is 0 Å². The number of benzene rings is 3. The second-order valence-corrected chi connectivity index (χ2v) is 10.9. The molecule has 4 nitrogen and oxygen atoms in total. The van der Waals surface area contributed by atoms with Gasteiger partial charge in [0, 0.05) is 51.0 Å². The summed E-state index contributed by atoms with van der Waals surface area (Å²) in [4.78, 5) is 17.5. The van der Waals surface area contributed by atoms with Crippen LogP contribution in [-0.2, 0) is 11.4 Å². The van der Waals surface area contributed by atoms with Gasteiger partial charge in [-0.25, -0.2) is 0 Å². The molecule has 1 heterocycles. The lowest BCUT2D eigenvalue weighted by Gasteiger charge is -2.22. The summed E-state index contributed by atoms with van der Waals surface area (Å²) < 4.78 is 6.69. The monoisotopic (exact) mass is 576 g/mol. The molecular weight excluding hydrogens is 555 g/mol. The summed E-state index contributed by atoms with van der Waals surface area (Å²) in [7, 11) is 0. The number of anilines is 2. The Morgan fingerprint density at radius 1 is 1.00 bits per heavy atom. The van der Waals surface area contributed by atoms with Crippen molar-refractivity contribution in [2.24, 2.45) is 0 Å². The molecule has 3 aromatic rings. The van der Waals surface area contributed by atoms with E-state index in [0.29, 0.717) is 35.7 Å². The molecule has 0 N–H and O–H groups in total. The van der Waals surface area contributed by atoms with Crippen molar-refractivity contribution in [3.05, 3.63) is 91.8 Å². The van der Waals surface area contributed by atoms with Gasteiger partial charge in [0.05, 0.1) is 10.6 Å². The zero-order valence-electron chi connectivity index (χ0n) is 19.6. The van der Waals surface area contributed by atoms with Gasteiger partial charge in [0.2, 0.25) is 0 Å². The number of thioether (sulfide) groups is 1. The van der Waals surface area contributed by atoms with Crippen LogP contribution in [0.1, 0.15) is 25.0 Å². The van der Waals surface area contributed by atoms with E-state index in [2.05, 4.69) is 18.7 Å². The molecule has 0 unspecified atom stereocenters. The van der Waals surface area contributed by atoms with Gasteiger partial charge >= 0.3 is 0 Å². The third kappa shape index (κ3) is 6.01. The van der Waals surface area contributed by atoms with E-state index in [1.807, 2.05) is 36.4 Å². The van der Waals surface area contributed by atoms with E-state index in [0.717, 1.165) is 29.9 Å². The normalized spacial score (nSPS) is 14.6. The van der Waals surface area contributed by atoms with Crippen molar-refractivity contribution in [3.63, 3.8) is 0 Å². The predicted octanol–water partition coefficient (Wildman–Crippen LogP) is 8.48. The third-order valence-corrected chi connectivity index (χ3v) is 7.79. The van der Waals surface area contributed by atoms with E-state index in [-0.39, 0.29) is 12.5 Å². The van der Waals surface area contributed by atoms with E-state index >= 15 is 0 Å². The Bertz CT molecular complexity index is 1340. The van der Waals surface area contributed by atoms with Crippen molar-refractivity contribution in [2.75, 3.05) is 22.9 Å². The highest BCUT2D eigenvalue weighted by molar-refractivity contribution is 8.27. The molecule has 36 heavy (non-hydrogen) atoms. The zero-order valence-corrected chi connectivity index (χ0v) is 23.5. The molecule has 1 saturated heterocycles. The van der Waals surface area contributed by atoms with Crippen LogP contribution >= 0.6 is 58.8 Å². The quantitative estimate of drug-likeness (QED) is 0.198. The standard InChI is InChI=1S/C27H23Cl3N2O2S2/c1-3-31(4-2)21-11-9-17(24(15-21)34-16-18-8-10-20(29)14-23(18)30)12-25-26(33)32(27(35)36-25)22-7-5-6-19(28)13-22/h5-15H,3-4,16H2,1-2H3/b25-12-. The SMILES string of the molecule is CCN(CC)c1ccc(/C=C2\SC(=S)N(c3cccc(Cl)c3)C2=O)c(OCc2ccc(Cl)cc2Cl)c1. The van der Waals surface area contributed by atoms with Crippen molar-refractivity contribution in [1.29, 1.82) is 0 Å². The average molecular weight is 578 g/mol. The first kappa shape index (κ1) is 26.8. The van der Waals surface area contributed by atoms with Crippen molar-refractivity contribution in [2.45, 2.75) is 20.5 Å². The van der Waals surface area contributed by atoms with Crippen LogP contribution < -0.4 is 14.5 Å². The highest BCUT2D eigenvalue weighted by Gasteiger charge is 2.33. The molecular formula is C27H23Cl3N2O2S2. The minimum atomic E-state index is -0.202. The Hall–Kier alpha value is -2.22. The maximum absolute atomic E-state index is 13.3. The van der Waals surface area contributed by atoms with Crippen LogP contribution in [-0.4, -0.2) is 23.3 Å². The first-order valence-corrected chi connectivity index (χ1v) is 13.7. The smallest absolute Gasteiger partial charge is 0.270 e. The molecule has 0 bridgehead atoms. The molecule has 0 aliphatic carbocycles. The van der Waals surface area contributed by atoms with Crippen molar-refractivity contribution in [3.8, 4) is 5.75 Å². The maximum atomic E-state index is 13.3. The molecule has 1 amide bonds. The fourth-order valence-electron chi connectivity index (χ4n) is 3.79. The Labute approximate surface area is 235 Å². The van der Waals surface area contributed by atoms with Gasteiger partial charge < -0.3 is 9.64 Å². The topological polar surface area (TPSA) is 32.8 Å². The first-order chi connectivity index (χ1) is 17.3. The molecule has 0 aromatic heterocycles. The fourth-order valence-corrected chi connectivity index (χ4v) is 5.73. The number of thiocarbonyl (C=S) groups is 1. The van der Waals surface area contributed by atoms with Crippen LogP contribution in [0.25, 0.3) is 6.08 Å². The minimum Gasteiger partial charge on any atom is -0.488 e. The van der Waals surface area contributed by atoms with Gasteiger partial charge in [0.1, 0.15) is 12.4 Å². The summed E-state index contributed by atoms with van der Waals surface area (Å²) >= 11 is 25.3. The number of nitrogens with zero attached hydrogens (tertiary/aromatic N) is 2. The number of hydrogen-bond acceptors (Lipinski definition) is 5. The molecule has 1 aliphatic heterocycles. The lowest BCUT2D eigenvalue weighted by molar-refractivity contribution is -0.113. The Morgan fingerprint density at radius 3 is 2.44 bits per heavy atom. The van der Waals surface area contributed by atoms with E-state index in [1.165, 1.54) is 16.7 Å². The summed E-state index contributed by atoms with van der Waals surface area (Å²) in [6.45, 7) is 6.18. The van der Waals surface area contributed by atoms with Crippen LogP contribution in [0.3, 0.4) is 0 Å². The average Bonchev–Trinajstić information content (AvgIpc) is 3.13. The molecule has 1 aliphatic rings. The lowest BCUT2D eigenvalue weighted by Crippen LogP contribution is -2.27. The van der Waals surface area contributed by atoms with Gasteiger partial charge in [-0.15, -0.1) is 0 Å². The van der Waals surface area contributed by atoms with Crippen LogP contribution in [0.5, 0.6) is 5.75 Å². The summed E-state index contributed by atoms with van der Waals surface area (Å²) in [6.07, 6.45) is 1.81. The van der Waals surface area contributed by atoms with Crippen LogP contribution in [0.2, 0.25) is 15.1 Å². The number of rotatable bonds is 8. The predicted molar refractivity (Wildman–Crippen MR) is 158 cm³/mol. The number of amides is 1. The van der Waals surface area contributed by atoms with Gasteiger partial charge in [0.25, 0.3) is 5.91 Å². The van der Waals surface area contributed by atoms with Crippen LogP contribution in [0.4, 0.5) is 11.4 Å². The van der Waals surface area contributed by atoms with Crippen LogP contribution in [0, 0.1) is 0 Å². The van der Waals surface area contributed by atoms with E-state index in [4.69, 9.17) is 51.8 Å². The fraction of sp³-hybridized carbons (Fsp3) is 0.185. The van der Waals surface area contributed by atoms with E-state index < -0.39 is 0 Å². The highest BCUT2D eigenvalue weighted by atomic mass is 35.5. The Kier molecular flexibility index (Phi) is 8.86. The largest absolute Gasteiger partial charge is 0.488 e. The van der Waals surface area contributed by atoms with E-state index in [1.54, 1.807) is 30.3 Å². The number of ether oxygens (including phenoxy) is 1. The number of halogens is 3. The van der Waals surface area contributed by atoms with Gasteiger partial charge in [-0.05, 0) is 62.4 Å². The Morgan fingerprint density at radius 2 is 1.75 bits per heavy atom. The molecule has 1 fully saturated rings. The number of hydrogen-bond donors (Lipinski definition) is 0. The van der Waals surface area contributed by atoms with Crippen molar-refractivity contribution >= 4 is 86.5 Å². The molecule has 4 rings (SSSR count). The summed E-state index contributed by atoms with van der Waals surface area (Å²) in [5.74, 6) is 0.435. The van der Waals surface area contributed by atoms with Gasteiger partial charge in [-0.1, -0.05) is 70.9 Å². The molecule has 0 saturated carbocycles.